The Balaban J connectivity index is 1.40. The van der Waals surface area contributed by atoms with Crippen LogP contribution in [0.3, 0.4) is 0 Å². The lowest BCUT2D eigenvalue weighted by Gasteiger charge is -2.23. The summed E-state index contributed by atoms with van der Waals surface area (Å²) in [6.45, 7) is 0. The molecule has 210 valence electrons. The predicted octanol–water partition coefficient (Wildman–Crippen LogP) is 6.63. The van der Waals surface area contributed by atoms with Crippen LogP contribution in [-0.2, 0) is 0 Å². The van der Waals surface area contributed by atoms with E-state index >= 15 is 0 Å². The van der Waals surface area contributed by atoms with E-state index in [0.29, 0.717) is 11.0 Å². The molecule has 0 saturated carbocycles. The Labute approximate surface area is 256 Å². The quantitative estimate of drug-likeness (QED) is 0.148. The minimum atomic E-state index is -0.0456. The summed E-state index contributed by atoms with van der Waals surface area (Å²) < 4.78 is 3.62. The standard InChI is InChI=1S/C40H18N4O2/c45-39-23-15-19-12-10-18-14-22-34-24(40(46)44-28-8-4-2-6-26(28)42-38(22)44)16-20-11-9-17-13-21(37-41-25-5-1-3-7-27(25)43(37)39)33(23)35-29(17)32(20)36(34)30(18)31(19)35/h1,3,5-16H,2,4H2. The van der Waals surface area contributed by atoms with Crippen molar-refractivity contribution < 1.29 is 0 Å². The van der Waals surface area contributed by atoms with Crippen LogP contribution in [0.4, 0.5) is 0 Å². The van der Waals surface area contributed by atoms with Gasteiger partial charge in [-0.1, -0.05) is 48.6 Å². The lowest BCUT2D eigenvalue weighted by molar-refractivity contribution is 1.04. The normalized spacial score (nSPS) is 14.4. The largest absolute Gasteiger partial charge is 0.268 e. The molecule has 1 aliphatic carbocycles. The third-order valence-corrected chi connectivity index (χ3v) is 11.0. The second-order valence-corrected chi connectivity index (χ2v) is 13.1. The summed E-state index contributed by atoms with van der Waals surface area (Å²) in [7, 11) is 0. The van der Waals surface area contributed by atoms with Crippen molar-refractivity contribution in [1.29, 1.82) is 0 Å². The van der Waals surface area contributed by atoms with E-state index in [0.717, 1.165) is 121 Å². The Morgan fingerprint density at radius 1 is 0.500 bits per heavy atom. The van der Waals surface area contributed by atoms with Gasteiger partial charge in [0.05, 0.1) is 21.7 Å². The number of pyridine rings is 2. The molecular weight excluding hydrogens is 568 g/mol. The molecule has 0 spiro atoms. The molecule has 8 aromatic carbocycles. The van der Waals surface area contributed by atoms with Crippen LogP contribution >= 0.6 is 0 Å². The van der Waals surface area contributed by atoms with Gasteiger partial charge in [0.15, 0.2) is 0 Å². The molecule has 6 nitrogen and oxygen atoms in total. The number of benzene rings is 8. The van der Waals surface area contributed by atoms with Crippen LogP contribution in [0.5, 0.6) is 0 Å². The minimum Gasteiger partial charge on any atom is -0.268 e. The van der Waals surface area contributed by atoms with Crippen LogP contribution in [0.25, 0.3) is 121 Å². The minimum absolute atomic E-state index is 0.0168. The molecule has 13 rings (SSSR count). The highest BCUT2D eigenvalue weighted by molar-refractivity contribution is 6.50. The van der Waals surface area contributed by atoms with E-state index in [2.05, 4.69) is 60.7 Å². The molecule has 4 heterocycles. The highest BCUT2D eigenvalue weighted by Gasteiger charge is 2.28. The van der Waals surface area contributed by atoms with Crippen LogP contribution in [0.2, 0.25) is 0 Å². The van der Waals surface area contributed by atoms with E-state index in [1.165, 1.54) is 0 Å². The molecule has 0 N–H and O–H groups in total. The summed E-state index contributed by atoms with van der Waals surface area (Å²) in [5, 5.41) is 18.3. The summed E-state index contributed by atoms with van der Waals surface area (Å²) in [5.74, 6) is 0. The maximum atomic E-state index is 14.4. The first-order chi connectivity index (χ1) is 22.7. The number of aromatic nitrogens is 4. The summed E-state index contributed by atoms with van der Waals surface area (Å²) >= 11 is 0. The highest BCUT2D eigenvalue weighted by atomic mass is 16.1. The molecule has 4 aromatic heterocycles. The topological polar surface area (TPSA) is 68.7 Å². The van der Waals surface area contributed by atoms with Gasteiger partial charge in [-0.15, -0.1) is 0 Å². The number of imidazole rings is 2. The van der Waals surface area contributed by atoms with Gasteiger partial charge >= 0.3 is 0 Å². The number of rotatable bonds is 0. The van der Waals surface area contributed by atoms with Crippen LogP contribution in [-0.4, -0.2) is 18.8 Å². The van der Waals surface area contributed by atoms with E-state index in [9.17, 15) is 9.59 Å². The van der Waals surface area contributed by atoms with Crippen LogP contribution < -0.4 is 21.8 Å². The van der Waals surface area contributed by atoms with Gasteiger partial charge in [0.2, 0.25) is 0 Å². The number of para-hydroxylation sites is 2. The van der Waals surface area contributed by atoms with Crippen molar-refractivity contribution in [3.8, 4) is 0 Å². The van der Waals surface area contributed by atoms with Crippen LogP contribution in [0.1, 0.15) is 12.8 Å². The van der Waals surface area contributed by atoms with E-state index < -0.39 is 0 Å². The Morgan fingerprint density at radius 2 is 1.02 bits per heavy atom. The van der Waals surface area contributed by atoms with Gasteiger partial charge in [0, 0.05) is 43.1 Å². The van der Waals surface area contributed by atoms with Gasteiger partial charge in [0.1, 0.15) is 11.3 Å². The summed E-state index contributed by atoms with van der Waals surface area (Å²) in [5.41, 5.74) is 2.99. The molecule has 12 aromatic rings. The van der Waals surface area contributed by atoms with Crippen molar-refractivity contribution in [3.63, 3.8) is 0 Å². The lowest BCUT2D eigenvalue weighted by atomic mass is 9.80. The number of hydrogen-bond donors (Lipinski definition) is 0. The molecule has 0 saturated heterocycles. The second-order valence-electron chi connectivity index (χ2n) is 13.1. The van der Waals surface area contributed by atoms with Gasteiger partial charge in [-0.25, -0.2) is 9.97 Å². The summed E-state index contributed by atoms with van der Waals surface area (Å²) in [6.07, 6.45) is 6.13. The number of nitrogens with zero attached hydrogens (tertiary/aromatic N) is 4. The van der Waals surface area contributed by atoms with Crippen LogP contribution in [0, 0.1) is 0 Å². The molecule has 46 heavy (non-hydrogen) atoms. The Morgan fingerprint density at radius 3 is 1.65 bits per heavy atom. The zero-order valence-electron chi connectivity index (χ0n) is 24.1. The first-order valence-electron chi connectivity index (χ1n) is 15.7. The highest BCUT2D eigenvalue weighted by Crippen LogP contribution is 2.52. The Kier molecular flexibility index (Phi) is 3.36. The van der Waals surface area contributed by atoms with Gasteiger partial charge in [-0.2, -0.15) is 0 Å². The van der Waals surface area contributed by atoms with Crippen molar-refractivity contribution in [3.05, 3.63) is 104 Å². The van der Waals surface area contributed by atoms with Gasteiger partial charge < -0.3 is 0 Å². The third-order valence-electron chi connectivity index (χ3n) is 11.0. The molecule has 0 atom stereocenters. The zero-order chi connectivity index (χ0) is 29.7. The first-order valence-corrected chi connectivity index (χ1v) is 15.7. The molecule has 0 aliphatic heterocycles. The monoisotopic (exact) mass is 586 g/mol. The maximum absolute atomic E-state index is 14.4. The zero-order valence-corrected chi connectivity index (χ0v) is 24.1. The summed E-state index contributed by atoms with van der Waals surface area (Å²) in [4.78, 5) is 38.9. The smallest absolute Gasteiger partial charge is 0.264 e. The van der Waals surface area contributed by atoms with E-state index in [-0.39, 0.29) is 11.1 Å². The lowest BCUT2D eigenvalue weighted by Crippen LogP contribution is -2.34. The van der Waals surface area contributed by atoms with Crippen molar-refractivity contribution in [1.82, 2.24) is 18.8 Å². The fourth-order valence-corrected chi connectivity index (χ4v) is 9.28. The molecule has 0 unspecified atom stereocenters. The van der Waals surface area contributed by atoms with E-state index in [1.54, 1.807) is 4.40 Å². The SMILES string of the molecule is O=c1c2cc3ccc4cc5c6c(cc7ccc8cc(c2c2c8c7c6c4c32)c2nc3c(n12)=CCCC=3)c(=O)n1c2ccccc2nc51. The van der Waals surface area contributed by atoms with Gasteiger partial charge in [-0.05, 0) is 92.3 Å². The predicted molar refractivity (Wildman–Crippen MR) is 187 cm³/mol. The van der Waals surface area contributed by atoms with Crippen LogP contribution in [0.15, 0.2) is 82.4 Å². The van der Waals surface area contributed by atoms with E-state index in [4.69, 9.17) is 9.97 Å². The fraction of sp³-hybridized carbons (Fsp3) is 0.0500. The first kappa shape index (κ1) is 22.4. The molecule has 1 aliphatic rings. The van der Waals surface area contributed by atoms with Crippen molar-refractivity contribution in [2.45, 2.75) is 12.8 Å². The van der Waals surface area contributed by atoms with Gasteiger partial charge in [-0.3, -0.25) is 18.4 Å². The Bertz CT molecular complexity index is 3610. The average molecular weight is 587 g/mol. The third kappa shape index (κ3) is 2.17. The number of fused-ring (bicyclic) bond motifs is 8. The Hall–Kier alpha value is -6.14. The molecule has 0 bridgehead atoms. The fourth-order valence-electron chi connectivity index (χ4n) is 9.28. The average Bonchev–Trinajstić information content (AvgIpc) is 3.68. The maximum Gasteiger partial charge on any atom is 0.264 e. The molecule has 6 heteroatoms. The molecule has 0 radical (unpaired) electrons. The van der Waals surface area contributed by atoms with Crippen molar-refractivity contribution in [2.75, 3.05) is 0 Å². The van der Waals surface area contributed by atoms with Gasteiger partial charge in [0.25, 0.3) is 11.1 Å². The second kappa shape index (κ2) is 6.90. The summed E-state index contributed by atoms with van der Waals surface area (Å²) in [6, 6.07) is 25.1. The molecule has 0 amide bonds. The molecular formula is C40H18N4O2. The van der Waals surface area contributed by atoms with Crippen molar-refractivity contribution in [2.24, 2.45) is 0 Å². The van der Waals surface area contributed by atoms with Crippen molar-refractivity contribution >= 4 is 121 Å². The number of hydrogen-bond acceptors (Lipinski definition) is 4. The molecule has 0 fully saturated rings. The van der Waals surface area contributed by atoms with E-state index in [1.807, 2.05) is 28.7 Å².